The lowest BCUT2D eigenvalue weighted by molar-refractivity contribution is -0.119. The molecule has 0 aliphatic carbocycles. The molecule has 0 heterocycles. The van der Waals surface area contributed by atoms with Gasteiger partial charge in [0.05, 0.1) is 0 Å². The van der Waals surface area contributed by atoms with Crippen molar-refractivity contribution in [2.24, 2.45) is 11.1 Å². The van der Waals surface area contributed by atoms with Crippen molar-refractivity contribution in [1.82, 2.24) is 0 Å². The first-order valence-electron chi connectivity index (χ1n) is 5.81. The maximum absolute atomic E-state index is 11.9. The summed E-state index contributed by atoms with van der Waals surface area (Å²) in [5.74, 6) is 0.139. The molecule has 1 unspecified atom stereocenters. The van der Waals surface area contributed by atoms with Gasteiger partial charge in [0, 0.05) is 23.9 Å². The quantitative estimate of drug-likeness (QED) is 0.895. The second-order valence-corrected chi connectivity index (χ2v) is 5.89. The Hall–Kier alpha value is -0.860. The van der Waals surface area contributed by atoms with Crippen molar-refractivity contribution in [2.45, 2.75) is 39.7 Å². The number of halogens is 1. The predicted molar refractivity (Wildman–Crippen MR) is 72.2 cm³/mol. The minimum atomic E-state index is -0.113. The zero-order valence-corrected chi connectivity index (χ0v) is 11.4. The van der Waals surface area contributed by atoms with E-state index in [0.29, 0.717) is 17.9 Å². The summed E-state index contributed by atoms with van der Waals surface area (Å²) in [6.07, 6.45) is 0.762. The fourth-order valence-electron chi connectivity index (χ4n) is 1.48. The maximum atomic E-state index is 11.9. The summed E-state index contributed by atoms with van der Waals surface area (Å²) in [5.41, 5.74) is 6.82. The molecular weight excluding hydrogens is 234 g/mol. The first kappa shape index (κ1) is 14.2. The van der Waals surface area contributed by atoms with E-state index < -0.39 is 0 Å². The van der Waals surface area contributed by atoms with Crippen LogP contribution in [0.3, 0.4) is 0 Å². The van der Waals surface area contributed by atoms with Crippen LogP contribution in [0.4, 0.5) is 0 Å². The number of carbonyl (C=O) groups is 1. The zero-order chi connectivity index (χ0) is 13.1. The van der Waals surface area contributed by atoms with E-state index in [4.69, 9.17) is 17.3 Å². The molecule has 0 radical (unpaired) electrons. The molecule has 0 fully saturated rings. The highest BCUT2D eigenvalue weighted by Gasteiger charge is 2.23. The molecule has 0 aliphatic rings. The molecular formula is C14H20ClNO. The van der Waals surface area contributed by atoms with Crippen LogP contribution in [-0.4, -0.2) is 11.8 Å². The number of ketones is 1. The predicted octanol–water partition coefficient (Wildman–Crippen LogP) is 3.22. The standard InChI is InChI=1S/C14H20ClNO/c1-14(2,3)13(16)9-11(17)8-10-6-4-5-7-12(10)15/h4-7,13H,8-9,16H2,1-3H3. The van der Waals surface area contributed by atoms with Crippen LogP contribution in [0.15, 0.2) is 24.3 Å². The van der Waals surface area contributed by atoms with Gasteiger partial charge < -0.3 is 5.73 Å². The van der Waals surface area contributed by atoms with E-state index in [1.54, 1.807) is 6.07 Å². The highest BCUT2D eigenvalue weighted by molar-refractivity contribution is 6.31. The Morgan fingerprint density at radius 1 is 1.35 bits per heavy atom. The summed E-state index contributed by atoms with van der Waals surface area (Å²) in [6.45, 7) is 6.13. The van der Waals surface area contributed by atoms with Gasteiger partial charge in [-0.25, -0.2) is 0 Å². The Bertz CT molecular complexity index is 395. The number of rotatable bonds is 4. The van der Waals surface area contributed by atoms with Crippen LogP contribution in [-0.2, 0) is 11.2 Å². The summed E-state index contributed by atoms with van der Waals surface area (Å²) in [7, 11) is 0. The van der Waals surface area contributed by atoms with Crippen molar-refractivity contribution < 1.29 is 4.79 Å². The normalized spacial score (nSPS) is 13.5. The lowest BCUT2D eigenvalue weighted by atomic mass is 9.84. The first-order valence-corrected chi connectivity index (χ1v) is 6.19. The van der Waals surface area contributed by atoms with Gasteiger partial charge in [0.25, 0.3) is 0 Å². The first-order chi connectivity index (χ1) is 7.80. The fourth-order valence-corrected chi connectivity index (χ4v) is 1.68. The van der Waals surface area contributed by atoms with E-state index in [-0.39, 0.29) is 17.2 Å². The molecule has 2 N–H and O–H groups in total. The molecule has 3 heteroatoms. The van der Waals surface area contributed by atoms with E-state index in [1.165, 1.54) is 0 Å². The molecule has 17 heavy (non-hydrogen) atoms. The molecule has 0 aromatic heterocycles. The van der Waals surface area contributed by atoms with Gasteiger partial charge in [-0.15, -0.1) is 0 Å². The highest BCUT2D eigenvalue weighted by atomic mass is 35.5. The number of hydrogen-bond acceptors (Lipinski definition) is 2. The number of hydrogen-bond donors (Lipinski definition) is 1. The van der Waals surface area contributed by atoms with Gasteiger partial charge >= 0.3 is 0 Å². The monoisotopic (exact) mass is 253 g/mol. The van der Waals surface area contributed by atoms with Gasteiger partial charge in [0.1, 0.15) is 5.78 Å². The maximum Gasteiger partial charge on any atom is 0.138 e. The van der Waals surface area contributed by atoms with Gasteiger partial charge in [-0.05, 0) is 17.0 Å². The Morgan fingerprint density at radius 3 is 2.47 bits per heavy atom. The van der Waals surface area contributed by atoms with Gasteiger partial charge in [-0.3, -0.25) is 4.79 Å². The van der Waals surface area contributed by atoms with E-state index in [2.05, 4.69) is 0 Å². The topological polar surface area (TPSA) is 43.1 Å². The zero-order valence-electron chi connectivity index (χ0n) is 10.7. The summed E-state index contributed by atoms with van der Waals surface area (Å²) < 4.78 is 0. The smallest absolute Gasteiger partial charge is 0.138 e. The molecule has 0 bridgehead atoms. The number of nitrogens with two attached hydrogens (primary N) is 1. The number of Topliss-reactive ketones (excluding diaryl/α,β-unsaturated/α-hetero) is 1. The average Bonchev–Trinajstić information content (AvgIpc) is 2.20. The molecule has 1 atom stereocenters. The molecule has 0 spiro atoms. The third kappa shape index (κ3) is 4.49. The van der Waals surface area contributed by atoms with Crippen molar-refractivity contribution in [3.05, 3.63) is 34.9 Å². The molecule has 94 valence electrons. The average molecular weight is 254 g/mol. The Kier molecular flexibility index (Phi) is 4.72. The summed E-state index contributed by atoms with van der Waals surface area (Å²) in [6, 6.07) is 7.31. The summed E-state index contributed by atoms with van der Waals surface area (Å²) >= 11 is 6.01. The molecule has 1 rings (SSSR count). The van der Waals surface area contributed by atoms with Gasteiger partial charge in [-0.1, -0.05) is 50.6 Å². The molecule has 0 aliphatic heterocycles. The van der Waals surface area contributed by atoms with Crippen LogP contribution in [0.5, 0.6) is 0 Å². The van der Waals surface area contributed by atoms with Crippen molar-refractivity contribution in [3.63, 3.8) is 0 Å². The van der Waals surface area contributed by atoms with Crippen LogP contribution in [0.1, 0.15) is 32.8 Å². The SMILES string of the molecule is CC(C)(C)C(N)CC(=O)Cc1ccccc1Cl. The lowest BCUT2D eigenvalue weighted by Gasteiger charge is -2.26. The number of benzene rings is 1. The van der Waals surface area contributed by atoms with Crippen molar-refractivity contribution in [3.8, 4) is 0 Å². The van der Waals surface area contributed by atoms with Crippen LogP contribution in [0.25, 0.3) is 0 Å². The Morgan fingerprint density at radius 2 is 1.94 bits per heavy atom. The van der Waals surface area contributed by atoms with Gasteiger partial charge in [0.15, 0.2) is 0 Å². The van der Waals surface area contributed by atoms with Crippen LogP contribution in [0.2, 0.25) is 5.02 Å². The second kappa shape index (κ2) is 5.65. The fraction of sp³-hybridized carbons (Fsp3) is 0.500. The molecule has 1 aromatic carbocycles. The molecule has 0 saturated carbocycles. The van der Waals surface area contributed by atoms with Gasteiger partial charge in [-0.2, -0.15) is 0 Å². The minimum Gasteiger partial charge on any atom is -0.327 e. The van der Waals surface area contributed by atoms with Crippen LogP contribution >= 0.6 is 11.6 Å². The summed E-state index contributed by atoms with van der Waals surface area (Å²) in [5, 5.41) is 0.644. The van der Waals surface area contributed by atoms with Crippen LogP contribution in [0, 0.1) is 5.41 Å². The second-order valence-electron chi connectivity index (χ2n) is 5.48. The molecule has 1 aromatic rings. The third-order valence-corrected chi connectivity index (χ3v) is 3.27. The van der Waals surface area contributed by atoms with E-state index in [9.17, 15) is 4.79 Å². The molecule has 2 nitrogen and oxygen atoms in total. The van der Waals surface area contributed by atoms with Crippen LogP contribution < -0.4 is 5.73 Å². The summed E-state index contributed by atoms with van der Waals surface area (Å²) in [4.78, 5) is 11.9. The molecule has 0 saturated heterocycles. The van der Waals surface area contributed by atoms with Crippen molar-refractivity contribution in [2.75, 3.05) is 0 Å². The lowest BCUT2D eigenvalue weighted by Crippen LogP contribution is -2.37. The largest absolute Gasteiger partial charge is 0.327 e. The Labute approximate surface area is 108 Å². The minimum absolute atomic E-state index is 0.0455. The highest BCUT2D eigenvalue weighted by Crippen LogP contribution is 2.21. The van der Waals surface area contributed by atoms with E-state index in [0.717, 1.165) is 5.56 Å². The van der Waals surface area contributed by atoms with Crippen molar-refractivity contribution >= 4 is 17.4 Å². The van der Waals surface area contributed by atoms with E-state index in [1.807, 2.05) is 39.0 Å². The third-order valence-electron chi connectivity index (χ3n) is 2.91. The Balaban J connectivity index is 2.60. The number of carbonyl (C=O) groups excluding carboxylic acids is 1. The van der Waals surface area contributed by atoms with Gasteiger partial charge in [0.2, 0.25) is 0 Å². The van der Waals surface area contributed by atoms with Crippen molar-refractivity contribution in [1.29, 1.82) is 0 Å². The van der Waals surface area contributed by atoms with E-state index >= 15 is 0 Å². The molecule has 0 amide bonds.